The van der Waals surface area contributed by atoms with Crippen LogP contribution < -0.4 is 0 Å². The fourth-order valence-corrected chi connectivity index (χ4v) is 2.67. The summed E-state index contributed by atoms with van der Waals surface area (Å²) in [4.78, 5) is 11.1. The zero-order valence-electron chi connectivity index (χ0n) is 9.89. The fraction of sp³-hybridized carbons (Fsp3) is 0.615. The monoisotopic (exact) mass is 221 g/mol. The van der Waals surface area contributed by atoms with Crippen LogP contribution in [0.4, 0.5) is 0 Å². The Bertz CT molecular complexity index is 383. The van der Waals surface area contributed by atoms with Gasteiger partial charge in [0.1, 0.15) is 5.69 Å². The molecule has 1 saturated carbocycles. The Kier molecular flexibility index (Phi) is 3.03. The minimum atomic E-state index is -0.823. The van der Waals surface area contributed by atoms with Crippen molar-refractivity contribution < 1.29 is 9.90 Å². The number of hydrogen-bond acceptors (Lipinski definition) is 1. The standard InChI is InChI=1S/C13H19NO2/c1-9-5-6-11(8-10(9)2)14-7-3-4-12(14)13(15)16/h3-4,7,9-11H,5-6,8H2,1-2H3,(H,15,16). The molecule has 3 atom stereocenters. The van der Waals surface area contributed by atoms with Gasteiger partial charge in [-0.1, -0.05) is 13.8 Å². The van der Waals surface area contributed by atoms with E-state index in [1.165, 1.54) is 6.42 Å². The highest BCUT2D eigenvalue weighted by Gasteiger charge is 2.27. The van der Waals surface area contributed by atoms with E-state index in [0.717, 1.165) is 18.8 Å². The van der Waals surface area contributed by atoms with Crippen LogP contribution in [0.15, 0.2) is 18.3 Å². The zero-order valence-corrected chi connectivity index (χ0v) is 9.89. The first-order chi connectivity index (χ1) is 7.59. The molecule has 1 aromatic rings. The van der Waals surface area contributed by atoms with E-state index < -0.39 is 5.97 Å². The lowest BCUT2D eigenvalue weighted by atomic mass is 9.79. The zero-order chi connectivity index (χ0) is 11.7. The van der Waals surface area contributed by atoms with Gasteiger partial charge in [0.25, 0.3) is 0 Å². The van der Waals surface area contributed by atoms with Gasteiger partial charge in [-0.3, -0.25) is 0 Å². The van der Waals surface area contributed by atoms with Crippen molar-refractivity contribution >= 4 is 5.97 Å². The molecule has 0 aliphatic heterocycles. The van der Waals surface area contributed by atoms with E-state index in [9.17, 15) is 4.79 Å². The molecule has 3 nitrogen and oxygen atoms in total. The molecule has 0 radical (unpaired) electrons. The minimum Gasteiger partial charge on any atom is -0.477 e. The Morgan fingerprint density at radius 3 is 2.75 bits per heavy atom. The summed E-state index contributed by atoms with van der Waals surface area (Å²) in [5.41, 5.74) is 0.423. The summed E-state index contributed by atoms with van der Waals surface area (Å²) in [7, 11) is 0. The number of carbonyl (C=O) groups is 1. The van der Waals surface area contributed by atoms with Gasteiger partial charge in [0, 0.05) is 12.2 Å². The maximum atomic E-state index is 11.1. The lowest BCUT2D eigenvalue weighted by Gasteiger charge is -2.33. The second-order valence-corrected chi connectivity index (χ2v) is 5.03. The summed E-state index contributed by atoms with van der Waals surface area (Å²) in [5, 5.41) is 9.08. The van der Waals surface area contributed by atoms with Crippen LogP contribution in [0.25, 0.3) is 0 Å². The third-order valence-electron chi connectivity index (χ3n) is 3.96. The second-order valence-electron chi connectivity index (χ2n) is 5.03. The van der Waals surface area contributed by atoms with E-state index in [-0.39, 0.29) is 0 Å². The summed E-state index contributed by atoms with van der Waals surface area (Å²) in [5.74, 6) is 0.624. The first-order valence-electron chi connectivity index (χ1n) is 5.99. The highest BCUT2D eigenvalue weighted by molar-refractivity contribution is 5.85. The predicted molar refractivity (Wildman–Crippen MR) is 62.6 cm³/mol. The molecule has 1 aromatic heterocycles. The van der Waals surface area contributed by atoms with Crippen molar-refractivity contribution in [1.82, 2.24) is 4.57 Å². The highest BCUT2D eigenvalue weighted by atomic mass is 16.4. The Morgan fingerprint density at radius 1 is 1.38 bits per heavy atom. The van der Waals surface area contributed by atoms with Gasteiger partial charge in [-0.2, -0.15) is 0 Å². The lowest BCUT2D eigenvalue weighted by molar-refractivity contribution is 0.0678. The Hall–Kier alpha value is -1.25. The van der Waals surface area contributed by atoms with Crippen molar-refractivity contribution in [2.24, 2.45) is 11.8 Å². The maximum Gasteiger partial charge on any atom is 0.352 e. The first-order valence-corrected chi connectivity index (χ1v) is 5.99. The van der Waals surface area contributed by atoms with E-state index in [1.54, 1.807) is 6.07 Å². The van der Waals surface area contributed by atoms with E-state index in [4.69, 9.17) is 5.11 Å². The molecule has 88 valence electrons. The second kappa shape index (κ2) is 4.32. The number of aromatic carboxylic acids is 1. The van der Waals surface area contributed by atoms with E-state index in [1.807, 2.05) is 16.8 Å². The number of carboxylic acid groups (broad SMARTS) is 1. The van der Waals surface area contributed by atoms with E-state index >= 15 is 0 Å². The Labute approximate surface area is 96.1 Å². The van der Waals surface area contributed by atoms with Crippen molar-refractivity contribution in [3.8, 4) is 0 Å². The first kappa shape index (κ1) is 11.2. The van der Waals surface area contributed by atoms with Gasteiger partial charge >= 0.3 is 5.97 Å². The van der Waals surface area contributed by atoms with Crippen LogP contribution in [-0.4, -0.2) is 15.6 Å². The predicted octanol–water partition coefficient (Wildman–Crippen LogP) is 3.18. The fourth-order valence-electron chi connectivity index (χ4n) is 2.67. The van der Waals surface area contributed by atoms with E-state index in [2.05, 4.69) is 13.8 Å². The van der Waals surface area contributed by atoms with Crippen molar-refractivity contribution in [1.29, 1.82) is 0 Å². The minimum absolute atomic E-state index is 0.368. The van der Waals surface area contributed by atoms with E-state index in [0.29, 0.717) is 17.7 Å². The van der Waals surface area contributed by atoms with Gasteiger partial charge in [0.05, 0.1) is 0 Å². The molecule has 0 aromatic carbocycles. The van der Waals surface area contributed by atoms with Gasteiger partial charge in [0.2, 0.25) is 0 Å². The van der Waals surface area contributed by atoms with Crippen LogP contribution >= 0.6 is 0 Å². The molecule has 2 rings (SSSR count). The Morgan fingerprint density at radius 2 is 2.12 bits per heavy atom. The summed E-state index contributed by atoms with van der Waals surface area (Å²) >= 11 is 0. The van der Waals surface area contributed by atoms with Crippen LogP contribution in [0, 0.1) is 11.8 Å². The largest absolute Gasteiger partial charge is 0.477 e. The molecule has 0 bridgehead atoms. The average Bonchev–Trinajstić information content (AvgIpc) is 2.71. The van der Waals surface area contributed by atoms with Crippen molar-refractivity contribution in [2.45, 2.75) is 39.2 Å². The molecule has 0 amide bonds. The smallest absolute Gasteiger partial charge is 0.352 e. The number of nitrogens with zero attached hydrogens (tertiary/aromatic N) is 1. The summed E-state index contributed by atoms with van der Waals surface area (Å²) in [6, 6.07) is 3.88. The molecule has 0 spiro atoms. The molecule has 0 saturated heterocycles. The van der Waals surface area contributed by atoms with Crippen LogP contribution in [0.5, 0.6) is 0 Å². The summed E-state index contributed by atoms with van der Waals surface area (Å²) in [6.45, 7) is 4.55. The molecule has 1 aliphatic rings. The molecule has 3 unspecified atom stereocenters. The molecule has 1 heterocycles. The van der Waals surface area contributed by atoms with Gasteiger partial charge < -0.3 is 9.67 Å². The summed E-state index contributed by atoms with van der Waals surface area (Å²) < 4.78 is 1.94. The number of rotatable bonds is 2. The molecule has 1 fully saturated rings. The summed E-state index contributed by atoms with van der Waals surface area (Å²) in [6.07, 6.45) is 5.29. The van der Waals surface area contributed by atoms with Gasteiger partial charge in [0.15, 0.2) is 0 Å². The van der Waals surface area contributed by atoms with Crippen LogP contribution in [-0.2, 0) is 0 Å². The molecular weight excluding hydrogens is 202 g/mol. The highest BCUT2D eigenvalue weighted by Crippen LogP contribution is 2.36. The number of carboxylic acids is 1. The molecule has 3 heteroatoms. The maximum absolute atomic E-state index is 11.1. The molecular formula is C13H19NO2. The average molecular weight is 221 g/mol. The van der Waals surface area contributed by atoms with Crippen LogP contribution in [0.2, 0.25) is 0 Å². The molecule has 16 heavy (non-hydrogen) atoms. The van der Waals surface area contributed by atoms with Crippen LogP contribution in [0.3, 0.4) is 0 Å². The lowest BCUT2D eigenvalue weighted by Crippen LogP contribution is -2.24. The van der Waals surface area contributed by atoms with Gasteiger partial charge in [-0.15, -0.1) is 0 Å². The SMILES string of the molecule is CC1CCC(n2cccc2C(=O)O)CC1C. The van der Waals surface area contributed by atoms with Crippen LogP contribution in [0.1, 0.15) is 49.6 Å². The third-order valence-corrected chi connectivity index (χ3v) is 3.96. The van der Waals surface area contributed by atoms with Crippen molar-refractivity contribution in [2.75, 3.05) is 0 Å². The molecule has 1 N–H and O–H groups in total. The molecule has 1 aliphatic carbocycles. The van der Waals surface area contributed by atoms with Crippen molar-refractivity contribution in [3.05, 3.63) is 24.0 Å². The number of aromatic nitrogens is 1. The topological polar surface area (TPSA) is 42.2 Å². The van der Waals surface area contributed by atoms with Gasteiger partial charge in [-0.25, -0.2) is 4.79 Å². The normalized spacial score (nSPS) is 30.2. The Balaban J connectivity index is 2.18. The van der Waals surface area contributed by atoms with Gasteiger partial charge in [-0.05, 0) is 43.2 Å². The van der Waals surface area contributed by atoms with Crippen molar-refractivity contribution in [3.63, 3.8) is 0 Å². The quantitative estimate of drug-likeness (QED) is 0.833. The number of hydrogen-bond donors (Lipinski definition) is 1. The third kappa shape index (κ3) is 1.99.